The number of ether oxygens (including phenoxy) is 2. The molecule has 0 radical (unpaired) electrons. The Morgan fingerprint density at radius 3 is 3.05 bits per heavy atom. The SMILES string of the molecule is CCOC(=O)c1cnn2ccc(N3CCOC(C)(C)C3)nc12. The van der Waals surface area contributed by atoms with Crippen molar-refractivity contribution < 1.29 is 14.3 Å². The van der Waals surface area contributed by atoms with E-state index in [-0.39, 0.29) is 5.60 Å². The molecule has 1 saturated heterocycles. The second kappa shape index (κ2) is 5.57. The van der Waals surface area contributed by atoms with Crippen LogP contribution in [-0.2, 0) is 9.47 Å². The van der Waals surface area contributed by atoms with E-state index >= 15 is 0 Å². The van der Waals surface area contributed by atoms with Crippen LogP contribution < -0.4 is 4.90 Å². The number of fused-ring (bicyclic) bond motifs is 1. The summed E-state index contributed by atoms with van der Waals surface area (Å²) in [5, 5.41) is 4.15. The maximum Gasteiger partial charge on any atom is 0.343 e. The Bertz CT molecular complexity index is 695. The van der Waals surface area contributed by atoms with E-state index < -0.39 is 5.97 Å². The van der Waals surface area contributed by atoms with Crippen molar-refractivity contribution in [1.29, 1.82) is 0 Å². The molecule has 1 aliphatic heterocycles. The molecule has 0 atom stereocenters. The van der Waals surface area contributed by atoms with Crippen molar-refractivity contribution in [2.45, 2.75) is 26.4 Å². The summed E-state index contributed by atoms with van der Waals surface area (Å²) in [4.78, 5) is 18.7. The van der Waals surface area contributed by atoms with Gasteiger partial charge in [0, 0.05) is 19.3 Å². The van der Waals surface area contributed by atoms with Gasteiger partial charge in [-0.15, -0.1) is 0 Å². The lowest BCUT2D eigenvalue weighted by Crippen LogP contribution is -2.48. The molecule has 3 rings (SSSR count). The highest BCUT2D eigenvalue weighted by Crippen LogP contribution is 2.22. The van der Waals surface area contributed by atoms with E-state index in [1.807, 2.05) is 12.3 Å². The summed E-state index contributed by atoms with van der Waals surface area (Å²) in [6.45, 7) is 8.39. The molecule has 1 fully saturated rings. The molecule has 1 aliphatic rings. The fourth-order valence-electron chi connectivity index (χ4n) is 2.60. The van der Waals surface area contributed by atoms with Gasteiger partial charge in [-0.2, -0.15) is 5.10 Å². The van der Waals surface area contributed by atoms with E-state index in [0.717, 1.165) is 18.9 Å². The number of nitrogens with zero attached hydrogens (tertiary/aromatic N) is 4. The Hall–Kier alpha value is -2.15. The van der Waals surface area contributed by atoms with E-state index in [2.05, 4.69) is 28.8 Å². The van der Waals surface area contributed by atoms with Gasteiger partial charge in [0.05, 0.1) is 25.0 Å². The van der Waals surface area contributed by atoms with Crippen molar-refractivity contribution in [3.8, 4) is 0 Å². The fourth-order valence-corrected chi connectivity index (χ4v) is 2.60. The normalized spacial score (nSPS) is 17.7. The molecule has 0 saturated carbocycles. The van der Waals surface area contributed by atoms with Crippen molar-refractivity contribution in [2.75, 3.05) is 31.2 Å². The number of aromatic nitrogens is 3. The summed E-state index contributed by atoms with van der Waals surface area (Å²) in [5.41, 5.74) is 0.687. The Morgan fingerprint density at radius 1 is 1.50 bits per heavy atom. The van der Waals surface area contributed by atoms with Crippen LogP contribution in [0.1, 0.15) is 31.1 Å². The van der Waals surface area contributed by atoms with Gasteiger partial charge in [-0.1, -0.05) is 0 Å². The second-order valence-electron chi connectivity index (χ2n) is 5.86. The molecule has 3 heterocycles. The summed E-state index contributed by atoms with van der Waals surface area (Å²) >= 11 is 0. The predicted octanol–water partition coefficient (Wildman–Crippen LogP) is 1.52. The van der Waals surface area contributed by atoms with Gasteiger partial charge in [-0.3, -0.25) is 0 Å². The Kier molecular flexibility index (Phi) is 3.74. The Balaban J connectivity index is 1.95. The van der Waals surface area contributed by atoms with Crippen LogP contribution >= 0.6 is 0 Å². The molecule has 0 spiro atoms. The van der Waals surface area contributed by atoms with Crippen LogP contribution in [0.3, 0.4) is 0 Å². The topological polar surface area (TPSA) is 69.0 Å². The third-order valence-corrected chi connectivity index (χ3v) is 3.60. The molecule has 0 amide bonds. The molecule has 118 valence electrons. The van der Waals surface area contributed by atoms with Crippen LogP contribution in [0.5, 0.6) is 0 Å². The molecule has 0 bridgehead atoms. The first-order valence-electron chi connectivity index (χ1n) is 7.40. The number of rotatable bonds is 3. The van der Waals surface area contributed by atoms with Gasteiger partial charge >= 0.3 is 5.97 Å². The maximum atomic E-state index is 12.0. The van der Waals surface area contributed by atoms with Gasteiger partial charge in [0.2, 0.25) is 0 Å². The highest BCUT2D eigenvalue weighted by molar-refractivity contribution is 5.95. The van der Waals surface area contributed by atoms with Crippen LogP contribution in [0.2, 0.25) is 0 Å². The van der Waals surface area contributed by atoms with E-state index in [1.54, 1.807) is 11.4 Å². The van der Waals surface area contributed by atoms with Gasteiger partial charge in [-0.25, -0.2) is 14.3 Å². The zero-order chi connectivity index (χ0) is 15.7. The van der Waals surface area contributed by atoms with Crippen LogP contribution in [-0.4, -0.2) is 52.5 Å². The summed E-state index contributed by atoms with van der Waals surface area (Å²) in [6, 6.07) is 1.90. The van der Waals surface area contributed by atoms with Gasteiger partial charge < -0.3 is 14.4 Å². The highest BCUT2D eigenvalue weighted by Gasteiger charge is 2.28. The van der Waals surface area contributed by atoms with Crippen molar-refractivity contribution in [3.63, 3.8) is 0 Å². The lowest BCUT2D eigenvalue weighted by molar-refractivity contribution is -0.0279. The Labute approximate surface area is 128 Å². The largest absolute Gasteiger partial charge is 0.462 e. The Morgan fingerprint density at radius 2 is 2.32 bits per heavy atom. The molecule has 0 N–H and O–H groups in total. The quantitative estimate of drug-likeness (QED) is 0.801. The van der Waals surface area contributed by atoms with E-state index in [1.165, 1.54) is 6.20 Å². The monoisotopic (exact) mass is 304 g/mol. The number of hydrogen-bond acceptors (Lipinski definition) is 6. The fraction of sp³-hybridized carbons (Fsp3) is 0.533. The molecule has 7 nitrogen and oxygen atoms in total. The number of esters is 1. The maximum absolute atomic E-state index is 12.0. The number of carbonyl (C=O) groups is 1. The third kappa shape index (κ3) is 2.76. The number of hydrogen-bond donors (Lipinski definition) is 0. The van der Waals surface area contributed by atoms with E-state index in [9.17, 15) is 4.79 Å². The summed E-state index contributed by atoms with van der Waals surface area (Å²) in [7, 11) is 0. The first-order chi connectivity index (χ1) is 10.5. The summed E-state index contributed by atoms with van der Waals surface area (Å²) < 4.78 is 12.4. The minimum Gasteiger partial charge on any atom is -0.462 e. The number of morpholine rings is 1. The zero-order valence-electron chi connectivity index (χ0n) is 13.1. The first kappa shape index (κ1) is 14.8. The van der Waals surface area contributed by atoms with Crippen molar-refractivity contribution in [3.05, 3.63) is 24.0 Å². The van der Waals surface area contributed by atoms with Crippen molar-refractivity contribution >= 4 is 17.4 Å². The zero-order valence-corrected chi connectivity index (χ0v) is 13.1. The molecule has 0 unspecified atom stereocenters. The molecule has 0 aromatic carbocycles. The average Bonchev–Trinajstić information content (AvgIpc) is 2.89. The molecule has 2 aromatic heterocycles. The van der Waals surface area contributed by atoms with Gasteiger partial charge in [-0.05, 0) is 26.8 Å². The van der Waals surface area contributed by atoms with Crippen LogP contribution in [0.15, 0.2) is 18.5 Å². The van der Waals surface area contributed by atoms with Gasteiger partial charge in [0.25, 0.3) is 0 Å². The first-order valence-corrected chi connectivity index (χ1v) is 7.40. The smallest absolute Gasteiger partial charge is 0.343 e. The number of anilines is 1. The molecule has 7 heteroatoms. The summed E-state index contributed by atoms with van der Waals surface area (Å²) in [6.07, 6.45) is 3.30. The highest BCUT2D eigenvalue weighted by atomic mass is 16.5. The lowest BCUT2D eigenvalue weighted by atomic mass is 10.1. The van der Waals surface area contributed by atoms with Crippen molar-refractivity contribution in [2.24, 2.45) is 0 Å². The summed E-state index contributed by atoms with van der Waals surface area (Å²) in [5.74, 6) is 0.416. The molecule has 0 aliphatic carbocycles. The van der Waals surface area contributed by atoms with Crippen molar-refractivity contribution in [1.82, 2.24) is 14.6 Å². The minimum absolute atomic E-state index is 0.212. The lowest BCUT2D eigenvalue weighted by Gasteiger charge is -2.38. The van der Waals surface area contributed by atoms with Gasteiger partial charge in [0.15, 0.2) is 5.65 Å². The minimum atomic E-state index is -0.399. The van der Waals surface area contributed by atoms with E-state index in [0.29, 0.717) is 24.4 Å². The standard InChI is InChI=1S/C15H20N4O3/c1-4-21-14(20)11-9-16-19-6-5-12(17-13(11)19)18-7-8-22-15(2,3)10-18/h5-6,9H,4,7-8,10H2,1-3H3. The third-order valence-electron chi connectivity index (χ3n) is 3.60. The molecular formula is C15H20N4O3. The second-order valence-corrected chi connectivity index (χ2v) is 5.86. The number of carbonyl (C=O) groups excluding carboxylic acids is 1. The van der Waals surface area contributed by atoms with E-state index in [4.69, 9.17) is 9.47 Å². The van der Waals surface area contributed by atoms with Gasteiger partial charge in [0.1, 0.15) is 11.4 Å². The molecule has 2 aromatic rings. The molecule has 22 heavy (non-hydrogen) atoms. The molecular weight excluding hydrogens is 284 g/mol. The van der Waals surface area contributed by atoms with Crippen LogP contribution in [0.25, 0.3) is 5.65 Å². The van der Waals surface area contributed by atoms with Crippen LogP contribution in [0, 0.1) is 0 Å². The average molecular weight is 304 g/mol. The predicted molar refractivity (Wildman–Crippen MR) is 81.2 cm³/mol. The van der Waals surface area contributed by atoms with Crippen LogP contribution in [0.4, 0.5) is 5.82 Å².